The summed E-state index contributed by atoms with van der Waals surface area (Å²) in [4.78, 5) is 10.5. The van der Waals surface area contributed by atoms with E-state index in [4.69, 9.17) is 0 Å². The Labute approximate surface area is 126 Å². The lowest BCUT2D eigenvalue weighted by atomic mass is 9.82. The van der Waals surface area contributed by atoms with E-state index in [2.05, 4.69) is 21.2 Å². The lowest BCUT2D eigenvalue weighted by molar-refractivity contribution is -0.385. The molecule has 0 heterocycles. The van der Waals surface area contributed by atoms with Gasteiger partial charge in [-0.1, -0.05) is 31.4 Å². The van der Waals surface area contributed by atoms with Crippen LogP contribution in [0.2, 0.25) is 0 Å². The number of nitrogens with zero attached hydrogens (tertiary/aromatic N) is 1. The predicted octanol–water partition coefficient (Wildman–Crippen LogP) is 3.14. The van der Waals surface area contributed by atoms with Crippen molar-refractivity contribution in [2.75, 3.05) is 6.61 Å². The maximum absolute atomic E-state index is 10.9. The van der Waals surface area contributed by atoms with Gasteiger partial charge in [-0.25, -0.2) is 0 Å². The third-order valence-electron chi connectivity index (χ3n) is 4.02. The Morgan fingerprint density at radius 1 is 1.35 bits per heavy atom. The van der Waals surface area contributed by atoms with E-state index in [1.54, 1.807) is 6.07 Å². The molecule has 20 heavy (non-hydrogen) atoms. The Morgan fingerprint density at radius 3 is 2.65 bits per heavy atom. The highest BCUT2D eigenvalue weighted by Gasteiger charge is 2.31. The molecule has 5 nitrogen and oxygen atoms in total. The monoisotopic (exact) mass is 342 g/mol. The van der Waals surface area contributed by atoms with E-state index in [0.717, 1.165) is 31.2 Å². The molecule has 1 aromatic rings. The molecule has 0 amide bonds. The van der Waals surface area contributed by atoms with Gasteiger partial charge in [-0.15, -0.1) is 0 Å². The highest BCUT2D eigenvalue weighted by Crippen LogP contribution is 2.31. The molecule has 0 radical (unpaired) electrons. The van der Waals surface area contributed by atoms with E-state index in [1.165, 1.54) is 12.5 Å². The zero-order chi connectivity index (χ0) is 14.6. The summed E-state index contributed by atoms with van der Waals surface area (Å²) in [5.74, 6) is 0. The van der Waals surface area contributed by atoms with Crippen LogP contribution in [0.4, 0.5) is 5.69 Å². The molecule has 0 atom stereocenters. The number of nitro groups is 1. The van der Waals surface area contributed by atoms with Crippen LogP contribution in [0, 0.1) is 10.1 Å². The molecule has 2 rings (SSSR count). The maximum Gasteiger partial charge on any atom is 0.283 e. The first-order chi connectivity index (χ1) is 9.58. The predicted molar refractivity (Wildman–Crippen MR) is 80.5 cm³/mol. The Kier molecular flexibility index (Phi) is 5.12. The first kappa shape index (κ1) is 15.4. The van der Waals surface area contributed by atoms with Gasteiger partial charge in [0.25, 0.3) is 5.69 Å². The topological polar surface area (TPSA) is 75.4 Å². The number of hydrogen-bond acceptors (Lipinski definition) is 4. The second kappa shape index (κ2) is 6.65. The van der Waals surface area contributed by atoms with Crippen LogP contribution in [-0.4, -0.2) is 22.2 Å². The molecule has 110 valence electrons. The average molecular weight is 343 g/mol. The van der Waals surface area contributed by atoms with Crippen LogP contribution in [0.15, 0.2) is 22.7 Å². The molecule has 1 aromatic carbocycles. The van der Waals surface area contributed by atoms with Crippen LogP contribution in [-0.2, 0) is 6.54 Å². The Morgan fingerprint density at radius 2 is 2.05 bits per heavy atom. The molecule has 0 aromatic heterocycles. The Bertz CT molecular complexity index is 487. The summed E-state index contributed by atoms with van der Waals surface area (Å²) in [6, 6.07) is 5.03. The van der Waals surface area contributed by atoms with Crippen molar-refractivity contribution in [1.82, 2.24) is 5.32 Å². The molecule has 0 aliphatic heterocycles. The highest BCUT2D eigenvalue weighted by molar-refractivity contribution is 9.10. The van der Waals surface area contributed by atoms with Crippen molar-refractivity contribution in [3.05, 3.63) is 38.3 Å². The largest absolute Gasteiger partial charge is 0.394 e. The molecular weight excluding hydrogens is 324 g/mol. The van der Waals surface area contributed by atoms with Crippen molar-refractivity contribution in [3.8, 4) is 0 Å². The molecule has 0 unspecified atom stereocenters. The first-order valence-electron chi connectivity index (χ1n) is 6.86. The van der Waals surface area contributed by atoms with Gasteiger partial charge >= 0.3 is 0 Å². The number of hydrogen-bond donors (Lipinski definition) is 2. The molecule has 0 saturated heterocycles. The minimum absolute atomic E-state index is 0.0750. The van der Waals surface area contributed by atoms with Gasteiger partial charge in [0.15, 0.2) is 0 Å². The summed E-state index contributed by atoms with van der Waals surface area (Å²) in [5.41, 5.74) is 0.686. The fourth-order valence-electron chi connectivity index (χ4n) is 2.75. The minimum atomic E-state index is -0.393. The quantitative estimate of drug-likeness (QED) is 0.636. The summed E-state index contributed by atoms with van der Waals surface area (Å²) in [6.07, 6.45) is 5.35. The summed E-state index contributed by atoms with van der Waals surface area (Å²) < 4.78 is 0.515. The van der Waals surface area contributed by atoms with Gasteiger partial charge in [-0.3, -0.25) is 10.1 Å². The van der Waals surface area contributed by atoms with Crippen LogP contribution in [0.1, 0.15) is 37.7 Å². The molecular formula is C14H19BrN2O3. The Balaban J connectivity index is 2.10. The average Bonchev–Trinajstić information content (AvgIpc) is 2.47. The molecule has 1 saturated carbocycles. The van der Waals surface area contributed by atoms with Crippen molar-refractivity contribution in [2.24, 2.45) is 0 Å². The van der Waals surface area contributed by atoms with E-state index >= 15 is 0 Å². The molecule has 0 bridgehead atoms. The van der Waals surface area contributed by atoms with Crippen LogP contribution in [0.25, 0.3) is 0 Å². The lowest BCUT2D eigenvalue weighted by Crippen LogP contribution is -2.49. The molecule has 1 aliphatic carbocycles. The molecule has 1 aliphatic rings. The van der Waals surface area contributed by atoms with E-state index in [-0.39, 0.29) is 17.8 Å². The normalized spacial score (nSPS) is 17.9. The molecule has 1 fully saturated rings. The van der Waals surface area contributed by atoms with Gasteiger partial charge in [0.2, 0.25) is 0 Å². The van der Waals surface area contributed by atoms with Crippen LogP contribution in [0.3, 0.4) is 0 Å². The van der Waals surface area contributed by atoms with Crippen LogP contribution in [0.5, 0.6) is 0 Å². The number of nitrogens with one attached hydrogen (secondary N) is 1. The van der Waals surface area contributed by atoms with Gasteiger partial charge < -0.3 is 10.4 Å². The number of nitro benzene ring substituents is 1. The van der Waals surface area contributed by atoms with Crippen molar-refractivity contribution in [2.45, 2.75) is 44.2 Å². The zero-order valence-corrected chi connectivity index (χ0v) is 12.9. The van der Waals surface area contributed by atoms with E-state index in [9.17, 15) is 15.2 Å². The second-order valence-electron chi connectivity index (χ2n) is 5.36. The summed E-state index contributed by atoms with van der Waals surface area (Å²) in [5, 5.41) is 24.0. The number of aliphatic hydroxyl groups excluding tert-OH is 1. The maximum atomic E-state index is 10.9. The number of rotatable bonds is 5. The van der Waals surface area contributed by atoms with Gasteiger partial charge in [0.1, 0.15) is 0 Å². The summed E-state index contributed by atoms with van der Waals surface area (Å²) >= 11 is 3.30. The summed E-state index contributed by atoms with van der Waals surface area (Å²) in [7, 11) is 0. The number of halogens is 1. The number of benzene rings is 1. The van der Waals surface area contributed by atoms with Crippen LogP contribution < -0.4 is 5.32 Å². The zero-order valence-electron chi connectivity index (χ0n) is 11.3. The van der Waals surface area contributed by atoms with Crippen LogP contribution >= 0.6 is 15.9 Å². The molecule has 2 N–H and O–H groups in total. The third-order valence-corrected chi connectivity index (χ3v) is 4.94. The van der Waals surface area contributed by atoms with Gasteiger partial charge in [-0.2, -0.15) is 0 Å². The standard InChI is InChI=1S/C14H19BrN2O3/c15-13-11(5-4-6-12(13)17(19)20)9-16-14(10-18)7-2-1-3-8-14/h4-6,16,18H,1-3,7-10H2. The third kappa shape index (κ3) is 3.37. The fraction of sp³-hybridized carbons (Fsp3) is 0.571. The first-order valence-corrected chi connectivity index (χ1v) is 7.65. The molecule has 6 heteroatoms. The van der Waals surface area contributed by atoms with Crippen molar-refractivity contribution in [3.63, 3.8) is 0 Å². The van der Waals surface area contributed by atoms with Crippen molar-refractivity contribution in [1.29, 1.82) is 0 Å². The van der Waals surface area contributed by atoms with Gasteiger partial charge in [-0.05, 0) is 34.3 Å². The van der Waals surface area contributed by atoms with Crippen molar-refractivity contribution < 1.29 is 10.0 Å². The minimum Gasteiger partial charge on any atom is -0.394 e. The van der Waals surface area contributed by atoms with E-state index < -0.39 is 4.92 Å². The van der Waals surface area contributed by atoms with Gasteiger partial charge in [0.05, 0.1) is 16.0 Å². The van der Waals surface area contributed by atoms with Crippen molar-refractivity contribution >= 4 is 21.6 Å². The SMILES string of the molecule is O=[N+]([O-])c1cccc(CNC2(CO)CCCCC2)c1Br. The Hall–Kier alpha value is -0.980. The fourth-order valence-corrected chi connectivity index (χ4v) is 3.30. The lowest BCUT2D eigenvalue weighted by Gasteiger charge is -2.36. The number of aliphatic hydroxyl groups is 1. The smallest absolute Gasteiger partial charge is 0.283 e. The van der Waals surface area contributed by atoms with E-state index in [0.29, 0.717) is 11.0 Å². The molecule has 0 spiro atoms. The summed E-state index contributed by atoms with van der Waals surface area (Å²) in [6.45, 7) is 0.627. The highest BCUT2D eigenvalue weighted by atomic mass is 79.9. The second-order valence-corrected chi connectivity index (χ2v) is 6.15. The van der Waals surface area contributed by atoms with Gasteiger partial charge in [0, 0.05) is 18.2 Å². The van der Waals surface area contributed by atoms with E-state index in [1.807, 2.05) is 6.07 Å².